The summed E-state index contributed by atoms with van der Waals surface area (Å²) in [5.74, 6) is -1.34. The second-order valence-electron chi connectivity index (χ2n) is 3.95. The number of aromatic nitrogens is 1. The third-order valence-electron chi connectivity index (χ3n) is 2.49. The predicted octanol–water partition coefficient (Wildman–Crippen LogP) is 2.08. The van der Waals surface area contributed by atoms with Gasteiger partial charge in [0.05, 0.1) is 5.39 Å². The van der Waals surface area contributed by atoms with E-state index >= 15 is 0 Å². The molecule has 1 amide bonds. The fourth-order valence-corrected chi connectivity index (χ4v) is 3.26. The largest absolute Gasteiger partial charge is 0.479 e. The Hall–Kier alpha value is -1.86. The zero-order chi connectivity index (χ0) is 14.9. The first-order chi connectivity index (χ1) is 9.43. The molecule has 0 saturated carbocycles. The van der Waals surface area contributed by atoms with Crippen LogP contribution < -0.4 is 10.1 Å². The Morgan fingerprint density at radius 2 is 2.25 bits per heavy atom. The van der Waals surface area contributed by atoms with Crippen molar-refractivity contribution in [3.05, 3.63) is 21.8 Å². The lowest BCUT2D eigenvalue weighted by Crippen LogP contribution is -2.18. The molecule has 0 spiro atoms. The number of halogens is 1. The number of hydrogen-bond donors (Lipinski definition) is 2. The van der Waals surface area contributed by atoms with Gasteiger partial charge in [-0.25, -0.2) is 9.78 Å². The fraction of sp³-hybridized carbons (Fsp3) is 0.250. The molecule has 8 heteroatoms. The number of carbonyl (C=O) groups excluding carboxylic acids is 1. The minimum Gasteiger partial charge on any atom is -0.479 e. The average Bonchev–Trinajstić information content (AvgIpc) is 2.73. The number of rotatable bonds is 4. The molecule has 0 aromatic carbocycles. The molecule has 0 radical (unpaired) electrons. The lowest BCUT2D eigenvalue weighted by atomic mass is 10.2. The second-order valence-corrected chi connectivity index (χ2v) is 5.36. The Balaban J connectivity index is 2.64. The number of aryl methyl sites for hydroxylation is 1. The molecule has 0 aliphatic carbocycles. The predicted molar refractivity (Wildman–Crippen MR) is 75.9 cm³/mol. The summed E-state index contributed by atoms with van der Waals surface area (Å²) >= 11 is 7.26. The highest BCUT2D eigenvalue weighted by atomic mass is 35.5. The first-order valence-electron chi connectivity index (χ1n) is 5.60. The normalized spacial score (nSPS) is 10.6. The van der Waals surface area contributed by atoms with E-state index in [1.807, 2.05) is 0 Å². The van der Waals surface area contributed by atoms with Crippen molar-refractivity contribution in [2.75, 3.05) is 13.7 Å². The summed E-state index contributed by atoms with van der Waals surface area (Å²) in [6.45, 7) is 1.22. The van der Waals surface area contributed by atoms with E-state index in [4.69, 9.17) is 21.4 Å². The van der Waals surface area contributed by atoms with E-state index in [9.17, 15) is 9.59 Å². The quantitative estimate of drug-likeness (QED) is 0.843. The van der Waals surface area contributed by atoms with Gasteiger partial charge in [0.15, 0.2) is 12.4 Å². The third-order valence-corrected chi connectivity index (χ3v) is 3.88. The summed E-state index contributed by atoms with van der Waals surface area (Å²) in [6.07, 6.45) is 0. The van der Waals surface area contributed by atoms with Crippen molar-refractivity contribution in [2.24, 2.45) is 0 Å². The summed E-state index contributed by atoms with van der Waals surface area (Å²) in [4.78, 5) is 26.9. The van der Waals surface area contributed by atoms with Gasteiger partial charge in [0.2, 0.25) is 0 Å². The lowest BCUT2D eigenvalue weighted by molar-refractivity contribution is -0.139. The second kappa shape index (κ2) is 5.64. The average molecular weight is 315 g/mol. The molecule has 0 aliphatic rings. The van der Waals surface area contributed by atoms with Crippen molar-refractivity contribution in [3.8, 4) is 5.75 Å². The number of aliphatic carboxylic acids is 1. The fourth-order valence-electron chi connectivity index (χ4n) is 1.70. The van der Waals surface area contributed by atoms with E-state index in [0.29, 0.717) is 11.1 Å². The number of thiophene rings is 1. The first kappa shape index (κ1) is 14.5. The number of amides is 1. The SMILES string of the molecule is CNC(=O)c1sc2cc(C)nc(Cl)c2c1OCC(=O)O. The monoisotopic (exact) mass is 314 g/mol. The molecule has 2 aromatic heterocycles. The van der Waals surface area contributed by atoms with Crippen molar-refractivity contribution >= 4 is 44.9 Å². The highest BCUT2D eigenvalue weighted by Crippen LogP contribution is 2.41. The Bertz CT molecular complexity index is 698. The zero-order valence-electron chi connectivity index (χ0n) is 10.7. The molecule has 0 unspecified atom stereocenters. The molecule has 0 bridgehead atoms. The van der Waals surface area contributed by atoms with Crippen LogP contribution in [0, 0.1) is 6.92 Å². The van der Waals surface area contributed by atoms with Gasteiger partial charge >= 0.3 is 5.97 Å². The van der Waals surface area contributed by atoms with Crippen LogP contribution in [0.5, 0.6) is 5.75 Å². The van der Waals surface area contributed by atoms with Crippen LogP contribution in [0.25, 0.3) is 10.1 Å². The lowest BCUT2D eigenvalue weighted by Gasteiger charge is -2.05. The van der Waals surface area contributed by atoms with Gasteiger partial charge in [-0.2, -0.15) is 0 Å². The molecular weight excluding hydrogens is 304 g/mol. The van der Waals surface area contributed by atoms with E-state index in [2.05, 4.69) is 10.3 Å². The van der Waals surface area contributed by atoms with Gasteiger partial charge in [0, 0.05) is 17.4 Å². The Morgan fingerprint density at radius 1 is 1.55 bits per heavy atom. The Labute approximate surface area is 123 Å². The molecule has 2 heterocycles. The number of fused-ring (bicyclic) bond motifs is 1. The van der Waals surface area contributed by atoms with Crippen LogP contribution in [0.1, 0.15) is 15.4 Å². The number of nitrogens with zero attached hydrogens (tertiary/aromatic N) is 1. The zero-order valence-corrected chi connectivity index (χ0v) is 12.3. The molecule has 0 aliphatic heterocycles. The topological polar surface area (TPSA) is 88.5 Å². The van der Waals surface area contributed by atoms with Crippen LogP contribution >= 0.6 is 22.9 Å². The van der Waals surface area contributed by atoms with Crippen LogP contribution in [-0.4, -0.2) is 35.6 Å². The van der Waals surface area contributed by atoms with Crippen molar-refractivity contribution in [1.29, 1.82) is 0 Å². The third kappa shape index (κ3) is 2.68. The molecule has 106 valence electrons. The van der Waals surface area contributed by atoms with Crippen LogP contribution in [0.3, 0.4) is 0 Å². The van der Waals surface area contributed by atoms with Gasteiger partial charge in [0.25, 0.3) is 5.91 Å². The van der Waals surface area contributed by atoms with E-state index in [0.717, 1.165) is 4.70 Å². The number of ether oxygens (including phenoxy) is 1. The maximum absolute atomic E-state index is 11.9. The van der Waals surface area contributed by atoms with Gasteiger partial charge in [-0.05, 0) is 13.0 Å². The molecule has 6 nitrogen and oxygen atoms in total. The van der Waals surface area contributed by atoms with E-state index < -0.39 is 12.6 Å². The van der Waals surface area contributed by atoms with Crippen LogP contribution in [0.4, 0.5) is 0 Å². The van der Waals surface area contributed by atoms with E-state index in [-0.39, 0.29) is 21.7 Å². The summed E-state index contributed by atoms with van der Waals surface area (Å²) in [5.41, 5.74) is 0.706. The Kier molecular flexibility index (Phi) is 4.10. The van der Waals surface area contributed by atoms with Gasteiger partial charge in [0.1, 0.15) is 10.0 Å². The number of nitrogens with one attached hydrogen (secondary N) is 1. The number of carboxylic acid groups (broad SMARTS) is 1. The number of hydrogen-bond acceptors (Lipinski definition) is 5. The summed E-state index contributed by atoms with van der Waals surface area (Å²) in [6, 6.07) is 1.77. The maximum atomic E-state index is 11.9. The maximum Gasteiger partial charge on any atom is 0.341 e. The van der Waals surface area contributed by atoms with Crippen molar-refractivity contribution in [1.82, 2.24) is 10.3 Å². The highest BCUT2D eigenvalue weighted by molar-refractivity contribution is 7.21. The van der Waals surface area contributed by atoms with Crippen molar-refractivity contribution in [3.63, 3.8) is 0 Å². The molecule has 0 fully saturated rings. The van der Waals surface area contributed by atoms with E-state index in [1.165, 1.54) is 18.4 Å². The molecule has 2 N–H and O–H groups in total. The van der Waals surface area contributed by atoms with Gasteiger partial charge < -0.3 is 15.2 Å². The van der Waals surface area contributed by atoms with Gasteiger partial charge in [-0.3, -0.25) is 4.79 Å². The van der Waals surface area contributed by atoms with Crippen LogP contribution in [0.2, 0.25) is 5.15 Å². The molecule has 2 rings (SSSR count). The minimum absolute atomic E-state index is 0.157. The molecular formula is C12H11ClN2O4S. The number of carbonyl (C=O) groups is 2. The summed E-state index contributed by atoms with van der Waals surface area (Å²) in [7, 11) is 1.48. The molecule has 2 aromatic rings. The Morgan fingerprint density at radius 3 is 2.85 bits per heavy atom. The number of carboxylic acids is 1. The molecule has 20 heavy (non-hydrogen) atoms. The van der Waals surface area contributed by atoms with Gasteiger partial charge in [-0.15, -0.1) is 11.3 Å². The van der Waals surface area contributed by atoms with Crippen LogP contribution in [-0.2, 0) is 4.79 Å². The molecule has 0 saturated heterocycles. The first-order valence-corrected chi connectivity index (χ1v) is 6.79. The smallest absolute Gasteiger partial charge is 0.341 e. The number of pyridine rings is 1. The van der Waals surface area contributed by atoms with E-state index in [1.54, 1.807) is 13.0 Å². The van der Waals surface area contributed by atoms with Crippen LogP contribution in [0.15, 0.2) is 6.07 Å². The summed E-state index contributed by atoms with van der Waals surface area (Å²) < 4.78 is 5.94. The highest BCUT2D eigenvalue weighted by Gasteiger charge is 2.22. The van der Waals surface area contributed by atoms with Gasteiger partial charge in [-0.1, -0.05) is 11.6 Å². The standard InChI is InChI=1S/C12H11ClN2O4S/c1-5-3-6-8(11(13)15-5)9(19-4-7(16)17)10(20-6)12(18)14-2/h3H,4H2,1-2H3,(H,14,18)(H,16,17). The molecule has 0 atom stereocenters. The minimum atomic E-state index is -1.14. The van der Waals surface area contributed by atoms with Crippen molar-refractivity contribution in [2.45, 2.75) is 6.92 Å². The summed E-state index contributed by atoms with van der Waals surface area (Å²) in [5, 5.41) is 11.8. The van der Waals surface area contributed by atoms with Crippen molar-refractivity contribution < 1.29 is 19.4 Å².